The largest absolute Gasteiger partial charge is 0.477 e. The van der Waals surface area contributed by atoms with Gasteiger partial charge in [-0.2, -0.15) is 0 Å². The van der Waals surface area contributed by atoms with Gasteiger partial charge in [0.15, 0.2) is 0 Å². The lowest BCUT2D eigenvalue weighted by Gasteiger charge is -2.08. The second-order valence-corrected chi connectivity index (χ2v) is 14.0. The minimum atomic E-state index is -1.13. The summed E-state index contributed by atoms with van der Waals surface area (Å²) in [4.78, 5) is 86.3. The van der Waals surface area contributed by atoms with Crippen molar-refractivity contribution in [3.63, 3.8) is 0 Å². The number of ether oxygens (including phenoxy) is 4. The summed E-state index contributed by atoms with van der Waals surface area (Å²) >= 11 is 0. The monoisotopic (exact) mass is 792 g/mol. The van der Waals surface area contributed by atoms with Gasteiger partial charge < -0.3 is 49.1 Å². The molecule has 57 heavy (non-hydrogen) atoms. The lowest BCUT2D eigenvalue weighted by Crippen LogP contribution is -2.06. The molecule has 0 unspecified atom stereocenters. The van der Waals surface area contributed by atoms with Crippen LogP contribution in [0.1, 0.15) is 125 Å². The number of methoxy groups -OCH3 is 4. The number of carboxylic acids is 2. The van der Waals surface area contributed by atoms with E-state index in [9.17, 15) is 39.0 Å². The summed E-state index contributed by atoms with van der Waals surface area (Å²) in [6, 6.07) is 0. The molecular weight excluding hydrogens is 740 g/mol. The molecule has 4 aromatic heterocycles. The number of hydrogen-bond acceptors (Lipinski definition) is 10. The van der Waals surface area contributed by atoms with Gasteiger partial charge in [-0.3, -0.25) is 19.2 Å². The molecule has 0 saturated carbocycles. The Hall–Kier alpha value is -6.06. The maximum absolute atomic E-state index is 12.3. The highest BCUT2D eigenvalue weighted by molar-refractivity contribution is 5.89. The average molecular weight is 793 g/mol. The van der Waals surface area contributed by atoms with Crippen molar-refractivity contribution in [3.05, 3.63) is 90.1 Å². The van der Waals surface area contributed by atoms with Gasteiger partial charge in [-0.15, -0.1) is 0 Å². The molecule has 0 radical (unpaired) electrons. The summed E-state index contributed by atoms with van der Waals surface area (Å²) in [7, 11) is 5.24. The van der Waals surface area contributed by atoms with Crippen molar-refractivity contribution in [1.29, 1.82) is 0 Å². The molecule has 0 spiro atoms. The van der Waals surface area contributed by atoms with Gasteiger partial charge in [0.05, 0.1) is 28.4 Å². The summed E-state index contributed by atoms with van der Waals surface area (Å²) in [5, 5.41) is 19.8. The van der Waals surface area contributed by atoms with Gasteiger partial charge in [0.2, 0.25) is 0 Å². The summed E-state index contributed by atoms with van der Waals surface area (Å²) < 4.78 is 19.5. The van der Waals surface area contributed by atoms with Crippen LogP contribution in [0.2, 0.25) is 0 Å². The molecule has 0 amide bonds. The van der Waals surface area contributed by atoms with Gasteiger partial charge in [-0.25, -0.2) is 9.59 Å². The molecule has 4 heterocycles. The Kier molecular flexibility index (Phi) is 14.7. The van der Waals surface area contributed by atoms with E-state index in [1.54, 1.807) is 13.8 Å². The highest BCUT2D eigenvalue weighted by Crippen LogP contribution is 2.32. The normalized spacial score (nSPS) is 11.1. The predicted molar refractivity (Wildman–Crippen MR) is 206 cm³/mol. The summed E-state index contributed by atoms with van der Waals surface area (Å²) in [6.45, 7) is 7.27. The van der Waals surface area contributed by atoms with Crippen LogP contribution in [0.4, 0.5) is 0 Å². The van der Waals surface area contributed by atoms with Gasteiger partial charge in [0, 0.05) is 79.1 Å². The fourth-order valence-corrected chi connectivity index (χ4v) is 7.50. The molecule has 4 aromatic rings. The van der Waals surface area contributed by atoms with E-state index in [-0.39, 0.29) is 68.7 Å². The Morgan fingerprint density at radius 1 is 0.404 bits per heavy atom. The Morgan fingerprint density at radius 3 is 0.912 bits per heavy atom. The molecule has 0 aliphatic rings. The molecule has 4 rings (SSSR count). The Labute approximate surface area is 330 Å². The van der Waals surface area contributed by atoms with E-state index < -0.39 is 29.8 Å². The first-order chi connectivity index (χ1) is 27.0. The number of aromatic amines is 4. The Bertz CT molecular complexity index is 2160. The van der Waals surface area contributed by atoms with E-state index in [2.05, 4.69) is 19.9 Å². The molecule has 0 aliphatic carbocycles. The van der Waals surface area contributed by atoms with Crippen LogP contribution in [0.25, 0.3) is 0 Å². The number of nitrogens with one attached hydrogen (secondary N) is 4. The SMILES string of the molecule is COC(=O)CCc1c(Cc2[nH]c(Cc3[nH]c(C(=O)O)c(C)c3CCC(=O)OC)c(CCC(=O)OC)c2C)[nH]c(Cc2[nH]c(C(=O)O)c(C)c2CCC(=O)OC)c1C. The number of carboxylic acid groups (broad SMARTS) is 2. The molecule has 0 atom stereocenters. The zero-order valence-electron chi connectivity index (χ0n) is 33.8. The molecule has 16 nitrogen and oxygen atoms in total. The van der Waals surface area contributed by atoms with E-state index in [1.165, 1.54) is 28.4 Å². The zero-order valence-corrected chi connectivity index (χ0v) is 33.8. The van der Waals surface area contributed by atoms with E-state index in [0.717, 1.165) is 45.0 Å². The summed E-state index contributed by atoms with van der Waals surface area (Å²) in [6.07, 6.45) is 2.45. The molecule has 308 valence electrons. The van der Waals surface area contributed by atoms with Crippen LogP contribution in [-0.2, 0) is 83.1 Å². The third-order valence-electron chi connectivity index (χ3n) is 10.8. The number of rotatable bonds is 20. The van der Waals surface area contributed by atoms with Gasteiger partial charge in [-0.1, -0.05) is 0 Å². The smallest absolute Gasteiger partial charge is 0.352 e. The molecule has 0 aromatic carbocycles. The van der Waals surface area contributed by atoms with Crippen molar-refractivity contribution in [2.45, 2.75) is 98.3 Å². The van der Waals surface area contributed by atoms with E-state index in [4.69, 9.17) is 18.9 Å². The molecule has 6 N–H and O–H groups in total. The predicted octanol–water partition coefficient (Wildman–Crippen LogP) is 4.82. The van der Waals surface area contributed by atoms with Crippen molar-refractivity contribution in [2.24, 2.45) is 0 Å². The highest BCUT2D eigenvalue weighted by atomic mass is 16.5. The van der Waals surface area contributed by atoms with Crippen LogP contribution in [0.3, 0.4) is 0 Å². The van der Waals surface area contributed by atoms with E-state index in [0.29, 0.717) is 52.9 Å². The van der Waals surface area contributed by atoms with Crippen LogP contribution < -0.4 is 0 Å². The van der Waals surface area contributed by atoms with Crippen LogP contribution in [0.15, 0.2) is 0 Å². The minimum absolute atomic E-state index is 0.0234. The van der Waals surface area contributed by atoms with Gasteiger partial charge in [-0.05, 0) is 97.9 Å². The van der Waals surface area contributed by atoms with Crippen LogP contribution in [0, 0.1) is 27.7 Å². The molecular formula is C41H52N4O12. The number of H-pyrrole nitrogens is 4. The average Bonchev–Trinajstić information content (AvgIpc) is 3.87. The molecule has 0 bridgehead atoms. The molecule has 0 fully saturated rings. The number of carbonyl (C=O) groups is 6. The fraction of sp³-hybridized carbons (Fsp3) is 0.463. The molecule has 0 saturated heterocycles. The summed E-state index contributed by atoms with van der Waals surface area (Å²) in [5.41, 5.74) is 10.4. The van der Waals surface area contributed by atoms with E-state index >= 15 is 0 Å². The number of carbonyl (C=O) groups excluding carboxylic acids is 4. The first-order valence-corrected chi connectivity index (χ1v) is 18.6. The Morgan fingerprint density at radius 2 is 0.649 bits per heavy atom. The molecule has 0 aliphatic heterocycles. The fourth-order valence-electron chi connectivity index (χ4n) is 7.50. The van der Waals surface area contributed by atoms with Crippen molar-refractivity contribution in [2.75, 3.05) is 28.4 Å². The first kappa shape index (κ1) is 43.7. The standard InChI is InChI=1S/C41H52N4O12/c1-20-24(9-13-34(46)54-5)30(42-29(20)18-32-26(11-15-36(48)56-7)22(3)38(44-32)40(50)51)17-28-21(2)25(10-14-35(47)55-6)31(43-28)19-33-27(12-16-37(49)57-8)23(4)39(45-33)41(52)53/h42-45H,9-19H2,1-8H3,(H,50,51)(H,52,53). The van der Waals surface area contributed by atoms with Crippen LogP contribution in [-0.4, -0.2) is 94.4 Å². The third-order valence-corrected chi connectivity index (χ3v) is 10.8. The maximum atomic E-state index is 12.3. The van der Waals surface area contributed by atoms with Gasteiger partial charge in [0.25, 0.3) is 0 Å². The second kappa shape index (κ2) is 19.2. The van der Waals surface area contributed by atoms with Crippen molar-refractivity contribution >= 4 is 35.8 Å². The number of hydrogen-bond donors (Lipinski definition) is 6. The Balaban J connectivity index is 1.81. The lowest BCUT2D eigenvalue weighted by molar-refractivity contribution is -0.141. The topological polar surface area (TPSA) is 243 Å². The van der Waals surface area contributed by atoms with Crippen LogP contribution >= 0.6 is 0 Å². The highest BCUT2D eigenvalue weighted by Gasteiger charge is 2.26. The van der Waals surface area contributed by atoms with Gasteiger partial charge in [0.1, 0.15) is 11.4 Å². The quantitative estimate of drug-likeness (QED) is 0.0521. The zero-order chi connectivity index (χ0) is 42.1. The third kappa shape index (κ3) is 10.2. The van der Waals surface area contributed by atoms with Crippen LogP contribution in [0.5, 0.6) is 0 Å². The molecule has 16 heteroatoms. The maximum Gasteiger partial charge on any atom is 0.352 e. The lowest BCUT2D eigenvalue weighted by atomic mass is 9.97. The first-order valence-electron chi connectivity index (χ1n) is 18.6. The number of aromatic carboxylic acids is 2. The minimum Gasteiger partial charge on any atom is -0.477 e. The number of esters is 4. The van der Waals surface area contributed by atoms with Crippen molar-refractivity contribution in [1.82, 2.24) is 19.9 Å². The van der Waals surface area contributed by atoms with Crippen molar-refractivity contribution < 1.29 is 57.9 Å². The summed E-state index contributed by atoms with van der Waals surface area (Å²) in [5.74, 6) is -3.87. The number of aromatic nitrogens is 4. The van der Waals surface area contributed by atoms with Crippen molar-refractivity contribution in [3.8, 4) is 0 Å². The second-order valence-electron chi connectivity index (χ2n) is 14.0. The van der Waals surface area contributed by atoms with E-state index in [1.807, 2.05) is 13.8 Å². The van der Waals surface area contributed by atoms with Gasteiger partial charge >= 0.3 is 35.8 Å².